The van der Waals surface area contributed by atoms with Crippen LogP contribution in [-0.4, -0.2) is 113 Å². The van der Waals surface area contributed by atoms with Crippen LogP contribution in [0.15, 0.2) is 72.8 Å². The number of alkyl carbamates (subject to hydrolysis) is 1. The molecule has 1 aliphatic rings. The molecule has 5 unspecified atom stereocenters. The lowest BCUT2D eigenvalue weighted by molar-refractivity contribution is -0.132. The summed E-state index contributed by atoms with van der Waals surface area (Å²) >= 11 is 0. The molecule has 2 heterocycles. The monoisotopic (exact) mass is 801 g/mol. The van der Waals surface area contributed by atoms with E-state index in [2.05, 4.69) is 21.0 Å². The molecule has 1 aromatic heterocycles. The molecule has 0 aliphatic carbocycles. The number of carbonyl (C=O) groups excluding carboxylic acids is 5. The van der Waals surface area contributed by atoms with Gasteiger partial charge in [-0.15, -0.1) is 0 Å². The Morgan fingerprint density at radius 3 is 2.19 bits per heavy atom. The van der Waals surface area contributed by atoms with Crippen molar-refractivity contribution >= 4 is 29.9 Å². The van der Waals surface area contributed by atoms with E-state index in [9.17, 15) is 29.1 Å². The lowest BCUT2D eigenvalue weighted by atomic mass is 9.86. The summed E-state index contributed by atoms with van der Waals surface area (Å²) in [5, 5.41) is 19.3. The first-order valence-electron chi connectivity index (χ1n) is 19.6. The number of ether oxygens (including phenoxy) is 2. The van der Waals surface area contributed by atoms with Crippen molar-refractivity contribution in [1.29, 1.82) is 0 Å². The topological polar surface area (TPSA) is 183 Å². The van der Waals surface area contributed by atoms with E-state index in [0.717, 1.165) is 17.0 Å². The molecule has 5 atom stereocenters. The highest BCUT2D eigenvalue weighted by Gasteiger charge is 2.41. The van der Waals surface area contributed by atoms with Crippen LogP contribution in [0.2, 0.25) is 0 Å². The van der Waals surface area contributed by atoms with E-state index in [0.29, 0.717) is 37.2 Å². The Morgan fingerprint density at radius 1 is 0.897 bits per heavy atom. The first kappa shape index (κ1) is 45.2. The first-order valence-corrected chi connectivity index (χ1v) is 19.6. The van der Waals surface area contributed by atoms with E-state index >= 15 is 0 Å². The number of hydrogen-bond acceptors (Lipinski definition) is 10. The van der Waals surface area contributed by atoms with Crippen LogP contribution in [0.1, 0.15) is 73.9 Å². The van der Waals surface area contributed by atoms with Crippen LogP contribution in [0.4, 0.5) is 9.59 Å². The molecule has 4 N–H and O–H groups in total. The van der Waals surface area contributed by atoms with E-state index in [1.54, 1.807) is 54.8 Å². The number of nitrogens with zero attached hydrogens (tertiary/aromatic N) is 4. The van der Waals surface area contributed by atoms with Crippen molar-refractivity contribution in [3.8, 4) is 0 Å². The SMILES string of the molecule is CCC(C)C(C(=O)NC(Cc1ccccc1)C(O)CN(Cc1ccc(C(=O)OC)cc1)NC(=O)C(NC(=O)OC)C(C)(C)C)N1CCN(Cc2cccc(C)n2)C1=O. The van der Waals surface area contributed by atoms with Crippen molar-refractivity contribution in [2.45, 2.75) is 91.7 Å². The van der Waals surface area contributed by atoms with Gasteiger partial charge in [0.15, 0.2) is 0 Å². The third-order valence-electron chi connectivity index (χ3n) is 10.3. The summed E-state index contributed by atoms with van der Waals surface area (Å²) in [6.45, 7) is 12.2. The Kier molecular flexibility index (Phi) is 16.2. The van der Waals surface area contributed by atoms with Crippen LogP contribution in [0.5, 0.6) is 0 Å². The second-order valence-corrected chi connectivity index (χ2v) is 15.9. The largest absolute Gasteiger partial charge is 0.465 e. The van der Waals surface area contributed by atoms with Gasteiger partial charge in [-0.05, 0) is 60.1 Å². The van der Waals surface area contributed by atoms with Gasteiger partial charge in [0.2, 0.25) is 5.91 Å². The van der Waals surface area contributed by atoms with Gasteiger partial charge in [0.1, 0.15) is 12.1 Å². The number of urea groups is 1. The minimum Gasteiger partial charge on any atom is -0.465 e. The maximum Gasteiger partial charge on any atom is 0.407 e. The van der Waals surface area contributed by atoms with E-state index in [4.69, 9.17) is 9.47 Å². The number of pyridine rings is 1. The fourth-order valence-corrected chi connectivity index (χ4v) is 6.90. The van der Waals surface area contributed by atoms with Crippen LogP contribution >= 0.6 is 0 Å². The van der Waals surface area contributed by atoms with Crippen LogP contribution in [0.3, 0.4) is 0 Å². The van der Waals surface area contributed by atoms with E-state index < -0.39 is 53.5 Å². The number of carbonyl (C=O) groups is 5. The zero-order valence-corrected chi connectivity index (χ0v) is 34.9. The number of hydrogen-bond donors (Lipinski definition) is 4. The number of esters is 1. The summed E-state index contributed by atoms with van der Waals surface area (Å²) in [6, 6.07) is 18.7. The lowest BCUT2D eigenvalue weighted by Gasteiger charge is -2.36. The molecule has 0 bridgehead atoms. The normalized spacial score (nSPS) is 15.6. The Morgan fingerprint density at radius 2 is 1.59 bits per heavy atom. The minimum atomic E-state index is -1.25. The van der Waals surface area contributed by atoms with Gasteiger partial charge in [0.25, 0.3) is 5.91 Å². The predicted molar refractivity (Wildman–Crippen MR) is 218 cm³/mol. The number of benzene rings is 2. The van der Waals surface area contributed by atoms with Gasteiger partial charge in [0.05, 0.1) is 44.2 Å². The van der Waals surface area contributed by atoms with Gasteiger partial charge < -0.3 is 35.0 Å². The molecule has 15 nitrogen and oxygen atoms in total. The number of hydrazine groups is 1. The summed E-state index contributed by atoms with van der Waals surface area (Å²) in [5.74, 6) is -1.68. The van der Waals surface area contributed by atoms with E-state index in [1.807, 2.05) is 69.3 Å². The van der Waals surface area contributed by atoms with Gasteiger partial charge >= 0.3 is 18.1 Å². The standard InChI is InChI=1S/C43H59N7O8/c1-9-28(2)36(50-23-22-48(42(50)56)26-33-17-13-14-29(3)44-33)38(52)45-34(24-30-15-11-10-12-16-30)35(51)27-49(25-31-18-20-32(21-19-31)40(54)57-7)47-39(53)37(43(4,5)6)46-41(55)58-8/h10-21,28,34-37,51H,9,22-27H2,1-8H3,(H,45,52)(H,46,55)(H,47,53). The summed E-state index contributed by atoms with van der Waals surface area (Å²) < 4.78 is 9.62. The third-order valence-corrected chi connectivity index (χ3v) is 10.3. The maximum atomic E-state index is 14.5. The summed E-state index contributed by atoms with van der Waals surface area (Å²) in [6.07, 6.45) is -1.18. The van der Waals surface area contributed by atoms with E-state index in [1.165, 1.54) is 19.2 Å². The zero-order chi connectivity index (χ0) is 42.6. The molecule has 3 aromatic rings. The highest BCUT2D eigenvalue weighted by atomic mass is 16.5. The minimum absolute atomic E-state index is 0.0781. The first-order chi connectivity index (χ1) is 27.5. The van der Waals surface area contributed by atoms with Crippen LogP contribution < -0.4 is 16.1 Å². The molecule has 0 spiro atoms. The summed E-state index contributed by atoms with van der Waals surface area (Å²) in [4.78, 5) is 74.5. The molecule has 5 amide bonds. The van der Waals surface area contributed by atoms with Crippen LogP contribution in [0, 0.1) is 18.3 Å². The fourth-order valence-electron chi connectivity index (χ4n) is 6.90. The average Bonchev–Trinajstić information content (AvgIpc) is 3.54. The predicted octanol–water partition coefficient (Wildman–Crippen LogP) is 4.22. The van der Waals surface area contributed by atoms with Gasteiger partial charge in [0, 0.05) is 31.9 Å². The number of aliphatic hydroxyl groups is 1. The number of aryl methyl sites for hydroxylation is 1. The Bertz CT molecular complexity index is 1850. The summed E-state index contributed by atoms with van der Waals surface area (Å²) in [5.41, 5.74) is 5.63. The molecule has 15 heteroatoms. The van der Waals surface area contributed by atoms with Crippen LogP contribution in [-0.2, 0) is 38.6 Å². The molecule has 0 saturated carbocycles. The molecule has 4 rings (SSSR count). The van der Waals surface area contributed by atoms with Crippen molar-refractivity contribution in [3.05, 3.63) is 101 Å². The Labute approximate surface area is 341 Å². The quantitative estimate of drug-likeness (QED) is 0.107. The fraction of sp³-hybridized carbons (Fsp3) is 0.488. The van der Waals surface area contributed by atoms with Gasteiger partial charge in [-0.1, -0.05) is 89.6 Å². The highest BCUT2D eigenvalue weighted by Crippen LogP contribution is 2.24. The molecule has 314 valence electrons. The molecule has 1 fully saturated rings. The van der Waals surface area contributed by atoms with Gasteiger partial charge in [-0.3, -0.25) is 20.0 Å². The molecule has 1 saturated heterocycles. The highest BCUT2D eigenvalue weighted by molar-refractivity contribution is 5.89. The second kappa shape index (κ2) is 20.8. The molecule has 1 aliphatic heterocycles. The number of amides is 5. The smallest absolute Gasteiger partial charge is 0.407 e. The number of aromatic nitrogens is 1. The molecule has 0 radical (unpaired) electrons. The van der Waals surface area contributed by atoms with Crippen molar-refractivity contribution in [2.24, 2.45) is 11.3 Å². The van der Waals surface area contributed by atoms with Crippen molar-refractivity contribution in [3.63, 3.8) is 0 Å². The second-order valence-electron chi connectivity index (χ2n) is 15.9. The summed E-state index contributed by atoms with van der Waals surface area (Å²) in [7, 11) is 2.50. The van der Waals surface area contributed by atoms with Crippen molar-refractivity contribution in [1.82, 2.24) is 35.9 Å². The number of aliphatic hydroxyl groups excluding tert-OH is 1. The Hall–Kier alpha value is -5.54. The third kappa shape index (κ3) is 12.5. The molecular weight excluding hydrogens is 743 g/mol. The number of nitrogens with one attached hydrogen (secondary N) is 3. The van der Waals surface area contributed by atoms with Crippen molar-refractivity contribution < 1.29 is 38.6 Å². The maximum absolute atomic E-state index is 14.5. The average molecular weight is 802 g/mol. The zero-order valence-electron chi connectivity index (χ0n) is 34.9. The van der Waals surface area contributed by atoms with Crippen LogP contribution in [0.25, 0.3) is 0 Å². The molecule has 58 heavy (non-hydrogen) atoms. The van der Waals surface area contributed by atoms with E-state index in [-0.39, 0.29) is 31.5 Å². The van der Waals surface area contributed by atoms with Gasteiger partial charge in [-0.2, -0.15) is 0 Å². The number of rotatable bonds is 18. The molecular formula is C43H59N7O8. The van der Waals surface area contributed by atoms with Gasteiger partial charge in [-0.25, -0.2) is 19.4 Å². The molecule has 2 aromatic carbocycles. The lowest BCUT2D eigenvalue weighted by Crippen LogP contribution is -2.60. The van der Waals surface area contributed by atoms with Crippen molar-refractivity contribution in [2.75, 3.05) is 33.9 Å². The number of methoxy groups -OCH3 is 2. The Balaban J connectivity index is 1.63.